The molecule has 0 saturated carbocycles. The van der Waals surface area contributed by atoms with Crippen LogP contribution in [0.5, 0.6) is 0 Å². The molecule has 0 spiro atoms. The van der Waals surface area contributed by atoms with Crippen molar-refractivity contribution in [1.82, 2.24) is 0 Å². The Balaban J connectivity index is 0.000000205. The molecule has 0 aliphatic carbocycles. The Morgan fingerprint density at radius 1 is 0.375 bits per heavy atom. The minimum absolute atomic E-state index is 0. The average molecular weight is 348 g/mol. The fourth-order valence-electron chi connectivity index (χ4n) is 0.541. The summed E-state index contributed by atoms with van der Waals surface area (Å²) in [6.07, 6.45) is 0. The maximum absolute atomic E-state index is 2.62. The Morgan fingerprint density at radius 3 is 0.625 bits per heavy atom. The van der Waals surface area contributed by atoms with Crippen LogP contribution in [-0.4, -0.2) is 0 Å². The molecule has 0 N–H and O–H groups in total. The predicted molar refractivity (Wildman–Crippen MR) is 52.1 cm³/mol. The number of hydrogen-bond donors (Lipinski definition) is 0. The summed E-state index contributed by atoms with van der Waals surface area (Å²) in [5, 5.41) is 0. The molecule has 0 amide bonds. The minimum Gasteiger partial charge on any atom is -0.999 e. The van der Waals surface area contributed by atoms with E-state index in [-0.39, 0.29) is 37.7 Å². The zero-order chi connectivity index (χ0) is 10.6. The summed E-state index contributed by atoms with van der Waals surface area (Å²) in [4.78, 5) is 0. The Hall–Kier alpha value is -0.690. The largest absolute Gasteiger partial charge is 3.00 e. The smallest absolute Gasteiger partial charge is 0.999 e. The van der Waals surface area contributed by atoms with Crippen molar-refractivity contribution in [2.45, 2.75) is 0 Å². The third-order valence-electron chi connectivity index (χ3n) is 1.05. The van der Waals surface area contributed by atoms with Crippen molar-refractivity contribution in [2.24, 2.45) is 0 Å². The van der Waals surface area contributed by atoms with Gasteiger partial charge in [-0.25, -0.2) is 0 Å². The van der Waals surface area contributed by atoms with Gasteiger partial charge in [-0.1, -0.05) is 0 Å². The first-order valence-electron chi connectivity index (χ1n) is 3.98. The van der Waals surface area contributed by atoms with Gasteiger partial charge in [-0.15, -0.1) is 0 Å². The summed E-state index contributed by atoms with van der Waals surface area (Å²) in [6.45, 7) is 0. The van der Waals surface area contributed by atoms with Crippen LogP contribution in [0.25, 0.3) is 0 Å². The topological polar surface area (TPSA) is 0 Å². The molecule has 0 nitrogen and oxygen atoms in total. The van der Waals surface area contributed by atoms with Gasteiger partial charge in [0, 0.05) is 0 Å². The van der Waals surface area contributed by atoms with Crippen molar-refractivity contribution in [1.29, 1.82) is 0 Å². The van der Waals surface area contributed by atoms with Crippen molar-refractivity contribution in [3.8, 4) is 0 Å². The van der Waals surface area contributed by atoms with Gasteiger partial charge in [0.15, 0.2) is 0 Å². The SMILES string of the molecule is [Ho+3].[c-]1[c-][c-][cH-][c-]1.[c-]1[c-][c-][cH-][c-]1.[c-]1[c-][c-][cH-][c-]1. The molecule has 0 aliphatic rings. The molecule has 0 unspecified atom stereocenters. The van der Waals surface area contributed by atoms with Crippen LogP contribution in [0.15, 0.2) is 18.2 Å². The van der Waals surface area contributed by atoms with Gasteiger partial charge in [0.1, 0.15) is 0 Å². The van der Waals surface area contributed by atoms with E-state index in [0.717, 1.165) is 0 Å². The Bertz CT molecular complexity index is 237. The maximum Gasteiger partial charge on any atom is 3.00 e. The van der Waals surface area contributed by atoms with Gasteiger partial charge < -0.3 is 91.0 Å². The quantitative estimate of drug-likeness (QED) is 0.430. The second-order valence-electron chi connectivity index (χ2n) is 2.05. The summed E-state index contributed by atoms with van der Waals surface area (Å²) in [7, 11) is 0. The van der Waals surface area contributed by atoms with Crippen LogP contribution in [0.3, 0.4) is 0 Å². The Kier molecular flexibility index (Phi) is 11.8. The normalized spacial score (nSPS) is 7.50. The molecule has 3 aromatic carbocycles. The van der Waals surface area contributed by atoms with Crippen LogP contribution in [0.1, 0.15) is 0 Å². The summed E-state index contributed by atoms with van der Waals surface area (Å²) in [5.41, 5.74) is 0. The molecule has 0 bridgehead atoms. The molecule has 0 fully saturated rings. The van der Waals surface area contributed by atoms with Crippen LogP contribution < -0.4 is 0 Å². The molecule has 0 heterocycles. The van der Waals surface area contributed by atoms with E-state index in [2.05, 4.69) is 72.8 Å². The maximum atomic E-state index is 2.62. The van der Waals surface area contributed by atoms with E-state index in [9.17, 15) is 0 Å². The van der Waals surface area contributed by atoms with Gasteiger partial charge >= 0.3 is 37.7 Å². The average Bonchev–Trinajstić information content (AvgIpc) is 3.09. The van der Waals surface area contributed by atoms with Crippen LogP contribution >= 0.6 is 0 Å². The predicted octanol–water partition coefficient (Wildman–Crippen LogP) is 1.82. The summed E-state index contributed by atoms with van der Waals surface area (Å²) in [6, 6.07) is 36.0. The van der Waals surface area contributed by atoms with Crippen LogP contribution in [-0.2, 0) is 0 Å². The number of rotatable bonds is 0. The van der Waals surface area contributed by atoms with E-state index >= 15 is 0 Å². The van der Waals surface area contributed by atoms with Crippen molar-refractivity contribution in [3.05, 3.63) is 91.0 Å². The molecule has 0 aliphatic heterocycles. The van der Waals surface area contributed by atoms with Crippen LogP contribution in [0.4, 0.5) is 0 Å². The van der Waals surface area contributed by atoms with E-state index < -0.39 is 0 Å². The van der Waals surface area contributed by atoms with Gasteiger partial charge in [0.25, 0.3) is 0 Å². The van der Waals surface area contributed by atoms with Crippen molar-refractivity contribution in [2.75, 3.05) is 0 Å². The summed E-state index contributed by atoms with van der Waals surface area (Å²) >= 11 is 0. The van der Waals surface area contributed by atoms with Crippen molar-refractivity contribution in [3.63, 3.8) is 0 Å². The first-order valence-corrected chi connectivity index (χ1v) is 3.98. The molecule has 3 rings (SSSR count). The molecule has 86 valence electrons. The van der Waals surface area contributed by atoms with Gasteiger partial charge in [-0.2, -0.15) is 0 Å². The van der Waals surface area contributed by atoms with E-state index in [1.54, 1.807) is 18.2 Å². The van der Waals surface area contributed by atoms with E-state index in [0.29, 0.717) is 0 Å². The standard InChI is InChI=1S/3C5H.Ho/c3*1-2-4-5-3-1;/h3*1H;/q3*-5;+3. The van der Waals surface area contributed by atoms with E-state index in [4.69, 9.17) is 0 Å². The van der Waals surface area contributed by atoms with Gasteiger partial charge in [-0.3, -0.25) is 0 Å². The molecular formula is C15H3Ho-12. The zero-order valence-corrected chi connectivity index (χ0v) is 9.97. The molecule has 3 aromatic rings. The molecular weight excluding hydrogens is 345 g/mol. The first kappa shape index (κ1) is 15.3. The zero-order valence-electron chi connectivity index (χ0n) is 8.03. The fourth-order valence-corrected chi connectivity index (χ4v) is 0.541. The van der Waals surface area contributed by atoms with Crippen LogP contribution in [0.2, 0.25) is 0 Å². The monoisotopic (exact) mass is 348 g/mol. The Morgan fingerprint density at radius 2 is 0.562 bits per heavy atom. The summed E-state index contributed by atoms with van der Waals surface area (Å²) in [5.74, 6) is 0. The molecule has 0 radical (unpaired) electrons. The third-order valence-corrected chi connectivity index (χ3v) is 1.05. The second kappa shape index (κ2) is 12.4. The fraction of sp³-hybridized carbons (Fsp3) is 0. The molecule has 0 aromatic heterocycles. The Labute approximate surface area is 128 Å². The van der Waals surface area contributed by atoms with Gasteiger partial charge in [-0.05, 0) is 0 Å². The first-order chi connectivity index (χ1) is 7.50. The van der Waals surface area contributed by atoms with E-state index in [1.165, 1.54) is 0 Å². The molecule has 0 saturated heterocycles. The van der Waals surface area contributed by atoms with Crippen molar-refractivity contribution < 1.29 is 37.7 Å². The van der Waals surface area contributed by atoms with E-state index in [1.807, 2.05) is 0 Å². The molecule has 0 atom stereocenters. The van der Waals surface area contributed by atoms with Gasteiger partial charge in [0.05, 0.1) is 0 Å². The third kappa shape index (κ3) is 9.85. The number of hydrogen-bond acceptors (Lipinski definition) is 0. The second-order valence-corrected chi connectivity index (χ2v) is 2.05. The van der Waals surface area contributed by atoms with Crippen molar-refractivity contribution >= 4 is 0 Å². The molecule has 16 heavy (non-hydrogen) atoms. The minimum atomic E-state index is 0. The van der Waals surface area contributed by atoms with Crippen LogP contribution in [0, 0.1) is 111 Å². The molecule has 1 heteroatoms. The summed E-state index contributed by atoms with van der Waals surface area (Å²) < 4.78 is 0. The van der Waals surface area contributed by atoms with Gasteiger partial charge in [0.2, 0.25) is 0 Å².